The van der Waals surface area contributed by atoms with Crippen molar-refractivity contribution in [3.8, 4) is 0 Å². The van der Waals surface area contributed by atoms with E-state index >= 15 is 0 Å². The van der Waals surface area contributed by atoms with Crippen LogP contribution in [0.5, 0.6) is 0 Å². The maximum atomic E-state index is 12.2. The van der Waals surface area contributed by atoms with E-state index in [1.165, 1.54) is 0 Å². The minimum atomic E-state index is -0.527. The Morgan fingerprint density at radius 3 is 2.55 bits per heavy atom. The van der Waals surface area contributed by atoms with E-state index in [0.29, 0.717) is 17.8 Å². The Morgan fingerprint density at radius 2 is 1.91 bits per heavy atom. The van der Waals surface area contributed by atoms with Crippen LogP contribution in [0, 0.1) is 29.6 Å². The highest BCUT2D eigenvalue weighted by Crippen LogP contribution is 2.47. The molecule has 22 heavy (non-hydrogen) atoms. The summed E-state index contributed by atoms with van der Waals surface area (Å²) < 4.78 is 0. The standard InChI is InChI=1S/C18H25NO3/c1-9-4-7-13-12(8-9)6-5-10(2)14(13)17(21)15-16(20)11(3)19-18(15)22/h5-6,9-14,21H,4,7-8H2,1-3H3,(H,19,22)/b17-15+. The summed E-state index contributed by atoms with van der Waals surface area (Å²) in [6.07, 6.45) is 7.74. The lowest BCUT2D eigenvalue weighted by molar-refractivity contribution is -0.117. The van der Waals surface area contributed by atoms with Crippen molar-refractivity contribution in [2.75, 3.05) is 0 Å². The molecule has 6 unspecified atom stereocenters. The quantitative estimate of drug-likeness (QED) is 0.339. The van der Waals surface area contributed by atoms with E-state index in [-0.39, 0.29) is 29.0 Å². The Balaban J connectivity index is 1.97. The first kappa shape index (κ1) is 15.3. The number of nitrogens with one attached hydrogen (secondary N) is 1. The second-order valence-corrected chi connectivity index (χ2v) is 7.34. The summed E-state index contributed by atoms with van der Waals surface area (Å²) in [5, 5.41) is 13.4. The topological polar surface area (TPSA) is 66.4 Å². The second kappa shape index (κ2) is 5.56. The van der Waals surface area contributed by atoms with Crippen LogP contribution in [0.15, 0.2) is 23.5 Å². The molecule has 0 radical (unpaired) electrons. The molecule has 3 rings (SSSR count). The van der Waals surface area contributed by atoms with Crippen molar-refractivity contribution in [1.82, 2.24) is 5.32 Å². The van der Waals surface area contributed by atoms with Crippen molar-refractivity contribution in [3.63, 3.8) is 0 Å². The Hall–Kier alpha value is -1.58. The molecule has 1 amide bonds. The van der Waals surface area contributed by atoms with Crippen LogP contribution in [0.1, 0.15) is 40.0 Å². The Morgan fingerprint density at radius 1 is 1.18 bits per heavy atom. The minimum Gasteiger partial charge on any atom is -0.511 e. The van der Waals surface area contributed by atoms with Gasteiger partial charge >= 0.3 is 0 Å². The summed E-state index contributed by atoms with van der Waals surface area (Å²) in [6, 6.07) is -0.527. The number of hydrogen-bond donors (Lipinski definition) is 2. The van der Waals surface area contributed by atoms with E-state index < -0.39 is 11.9 Å². The lowest BCUT2D eigenvalue weighted by Crippen LogP contribution is -2.36. The number of ketones is 1. The maximum absolute atomic E-state index is 12.2. The number of amides is 1. The fraction of sp³-hybridized carbons (Fsp3) is 0.667. The van der Waals surface area contributed by atoms with E-state index in [1.54, 1.807) is 6.92 Å². The molecule has 6 atom stereocenters. The molecule has 3 aliphatic rings. The summed E-state index contributed by atoms with van der Waals surface area (Å²) in [6.45, 7) is 5.99. The molecule has 0 spiro atoms. The molecular weight excluding hydrogens is 278 g/mol. The lowest BCUT2D eigenvalue weighted by atomic mass is 9.62. The largest absolute Gasteiger partial charge is 0.511 e. The minimum absolute atomic E-state index is 0.00276. The van der Waals surface area contributed by atoms with E-state index in [9.17, 15) is 14.7 Å². The third-order valence-electron chi connectivity index (χ3n) is 5.69. The summed E-state index contributed by atoms with van der Waals surface area (Å²) >= 11 is 0. The third kappa shape index (κ3) is 2.38. The molecule has 0 bridgehead atoms. The van der Waals surface area contributed by atoms with Gasteiger partial charge in [0.2, 0.25) is 0 Å². The van der Waals surface area contributed by atoms with Crippen LogP contribution in [-0.2, 0) is 9.59 Å². The van der Waals surface area contributed by atoms with E-state index in [1.807, 2.05) is 0 Å². The van der Waals surface area contributed by atoms with Crippen LogP contribution in [0.3, 0.4) is 0 Å². The lowest BCUT2D eigenvalue weighted by Gasteiger charge is -2.43. The zero-order valence-corrected chi connectivity index (χ0v) is 13.5. The average Bonchev–Trinajstić information content (AvgIpc) is 2.71. The van der Waals surface area contributed by atoms with Crippen LogP contribution in [0.25, 0.3) is 0 Å². The summed E-state index contributed by atoms with van der Waals surface area (Å²) in [5.41, 5.74) is -0.00276. The SMILES string of the molecule is CC1CCC2C(C=CC(C)C2/C(O)=C2\C(=O)NC(C)C2=O)C1. The number of hydrogen-bond acceptors (Lipinski definition) is 3. The monoisotopic (exact) mass is 303 g/mol. The smallest absolute Gasteiger partial charge is 0.259 e. The van der Waals surface area contributed by atoms with E-state index in [0.717, 1.165) is 19.3 Å². The van der Waals surface area contributed by atoms with Crippen molar-refractivity contribution < 1.29 is 14.7 Å². The average molecular weight is 303 g/mol. The molecule has 1 heterocycles. The van der Waals surface area contributed by atoms with Gasteiger partial charge in [-0.25, -0.2) is 0 Å². The van der Waals surface area contributed by atoms with Crippen LogP contribution in [-0.4, -0.2) is 22.8 Å². The molecule has 1 saturated heterocycles. The van der Waals surface area contributed by atoms with Crippen LogP contribution < -0.4 is 5.32 Å². The van der Waals surface area contributed by atoms with Crippen molar-refractivity contribution in [2.24, 2.45) is 29.6 Å². The molecular formula is C18H25NO3. The second-order valence-electron chi connectivity index (χ2n) is 7.34. The van der Waals surface area contributed by atoms with Crippen LogP contribution >= 0.6 is 0 Å². The normalized spacial score (nSPS) is 43.8. The van der Waals surface area contributed by atoms with Gasteiger partial charge < -0.3 is 10.4 Å². The van der Waals surface area contributed by atoms with Crippen molar-refractivity contribution in [2.45, 2.75) is 46.1 Å². The molecule has 4 heteroatoms. The third-order valence-corrected chi connectivity index (χ3v) is 5.69. The van der Waals surface area contributed by atoms with Gasteiger partial charge in [-0.3, -0.25) is 9.59 Å². The molecule has 2 fully saturated rings. The Labute approximate surface area is 131 Å². The zero-order valence-electron chi connectivity index (χ0n) is 13.5. The summed E-state index contributed by atoms with van der Waals surface area (Å²) in [7, 11) is 0. The highest BCUT2D eigenvalue weighted by molar-refractivity contribution is 6.26. The summed E-state index contributed by atoms with van der Waals surface area (Å²) in [4.78, 5) is 24.2. The Bertz CT molecular complexity index is 563. The van der Waals surface area contributed by atoms with Crippen LogP contribution in [0.2, 0.25) is 0 Å². The van der Waals surface area contributed by atoms with Gasteiger partial charge in [0.05, 0.1) is 6.04 Å². The number of allylic oxidation sites excluding steroid dienone is 3. The molecule has 2 N–H and O–H groups in total. The zero-order chi connectivity index (χ0) is 16.0. The van der Waals surface area contributed by atoms with E-state index in [2.05, 4.69) is 31.3 Å². The maximum Gasteiger partial charge on any atom is 0.259 e. The van der Waals surface area contributed by atoms with Gasteiger partial charge in [-0.05, 0) is 43.4 Å². The summed E-state index contributed by atoms with van der Waals surface area (Å²) in [5.74, 6) is 0.850. The molecule has 0 aromatic heterocycles. The van der Waals surface area contributed by atoms with Gasteiger partial charge in [-0.2, -0.15) is 0 Å². The number of rotatable bonds is 1. The molecule has 4 nitrogen and oxygen atoms in total. The fourth-order valence-corrected chi connectivity index (χ4v) is 4.47. The van der Waals surface area contributed by atoms with Gasteiger partial charge in [-0.15, -0.1) is 0 Å². The van der Waals surface area contributed by atoms with Gasteiger partial charge in [0.1, 0.15) is 11.3 Å². The van der Waals surface area contributed by atoms with Gasteiger partial charge in [0, 0.05) is 5.92 Å². The predicted octanol–water partition coefficient (Wildman–Crippen LogP) is 2.76. The number of carbonyl (C=O) groups is 2. The van der Waals surface area contributed by atoms with E-state index in [4.69, 9.17) is 0 Å². The first-order valence-corrected chi connectivity index (χ1v) is 8.36. The first-order valence-electron chi connectivity index (χ1n) is 8.36. The van der Waals surface area contributed by atoms with Crippen molar-refractivity contribution in [1.29, 1.82) is 0 Å². The Kier molecular flexibility index (Phi) is 3.87. The number of aliphatic hydroxyl groups is 1. The number of fused-ring (bicyclic) bond motifs is 1. The highest BCUT2D eigenvalue weighted by atomic mass is 16.3. The molecule has 120 valence electrons. The predicted molar refractivity (Wildman–Crippen MR) is 84.1 cm³/mol. The van der Waals surface area contributed by atoms with Crippen molar-refractivity contribution in [3.05, 3.63) is 23.5 Å². The van der Waals surface area contributed by atoms with Gasteiger partial charge in [-0.1, -0.05) is 32.4 Å². The molecule has 1 aliphatic heterocycles. The fourth-order valence-electron chi connectivity index (χ4n) is 4.47. The van der Waals surface area contributed by atoms with Gasteiger partial charge in [0.15, 0.2) is 5.78 Å². The van der Waals surface area contributed by atoms with Gasteiger partial charge in [0.25, 0.3) is 5.91 Å². The number of aliphatic hydroxyl groups excluding tert-OH is 1. The molecule has 0 aromatic rings. The number of Topliss-reactive ketones (excluding diaryl/α,β-unsaturated/α-hetero) is 1. The highest BCUT2D eigenvalue weighted by Gasteiger charge is 2.44. The first-order chi connectivity index (χ1) is 10.4. The molecule has 0 aromatic carbocycles. The van der Waals surface area contributed by atoms with Crippen LogP contribution in [0.4, 0.5) is 0 Å². The number of carbonyl (C=O) groups excluding carboxylic acids is 2. The molecule has 1 saturated carbocycles. The molecule has 2 aliphatic carbocycles. The van der Waals surface area contributed by atoms with Crippen molar-refractivity contribution >= 4 is 11.7 Å².